The highest BCUT2D eigenvalue weighted by atomic mass is 16.6. The third kappa shape index (κ3) is 1.09. The number of hydrogen-bond donors (Lipinski definition) is 0. The van der Waals surface area contributed by atoms with E-state index in [-0.39, 0.29) is 47.8 Å². The molecule has 2 saturated carbocycles. The summed E-state index contributed by atoms with van der Waals surface area (Å²) in [7, 11) is 2.71. The first kappa shape index (κ1) is 10.1. The molecule has 1 aliphatic heterocycles. The number of carbonyl (C=O) groups excluding carboxylic acids is 2. The lowest BCUT2D eigenvalue weighted by molar-refractivity contribution is -0.159. The minimum Gasteiger partial charge on any atom is -0.469 e. The Kier molecular flexibility index (Phi) is 2.01. The molecular formula is C11H14O5. The van der Waals surface area contributed by atoms with Crippen molar-refractivity contribution in [2.45, 2.75) is 18.6 Å². The van der Waals surface area contributed by atoms with E-state index in [1.54, 1.807) is 0 Å². The van der Waals surface area contributed by atoms with Gasteiger partial charge in [-0.25, -0.2) is 0 Å². The van der Waals surface area contributed by atoms with E-state index in [1.807, 2.05) is 0 Å². The molecule has 16 heavy (non-hydrogen) atoms. The number of hydrogen-bond acceptors (Lipinski definition) is 5. The summed E-state index contributed by atoms with van der Waals surface area (Å²) in [6.45, 7) is 0. The summed E-state index contributed by atoms with van der Waals surface area (Å²) in [5.74, 6) is -1.07. The van der Waals surface area contributed by atoms with E-state index in [0.29, 0.717) is 0 Å². The molecule has 0 amide bonds. The maximum atomic E-state index is 11.7. The normalized spacial score (nSPS) is 47.4. The summed E-state index contributed by atoms with van der Waals surface area (Å²) in [6, 6.07) is 0. The van der Waals surface area contributed by atoms with Crippen LogP contribution in [0.15, 0.2) is 0 Å². The Bertz CT molecular complexity index is 320. The Morgan fingerprint density at radius 2 is 1.44 bits per heavy atom. The molecule has 1 heterocycles. The molecule has 2 bridgehead atoms. The van der Waals surface area contributed by atoms with Gasteiger partial charge in [0.25, 0.3) is 0 Å². The highest BCUT2D eigenvalue weighted by molar-refractivity contribution is 5.84. The van der Waals surface area contributed by atoms with E-state index in [4.69, 9.17) is 14.2 Å². The van der Waals surface area contributed by atoms with E-state index in [1.165, 1.54) is 14.2 Å². The fourth-order valence-corrected chi connectivity index (χ4v) is 3.56. The van der Waals surface area contributed by atoms with Crippen LogP contribution in [0.5, 0.6) is 0 Å². The molecule has 5 nitrogen and oxygen atoms in total. The molecule has 0 unspecified atom stereocenters. The van der Waals surface area contributed by atoms with Crippen LogP contribution in [0.25, 0.3) is 0 Å². The van der Waals surface area contributed by atoms with Crippen LogP contribution < -0.4 is 0 Å². The van der Waals surface area contributed by atoms with Crippen LogP contribution >= 0.6 is 0 Å². The molecule has 88 valence electrons. The molecule has 3 rings (SSSR count). The number of epoxide rings is 1. The van der Waals surface area contributed by atoms with E-state index in [2.05, 4.69) is 0 Å². The summed E-state index contributed by atoms with van der Waals surface area (Å²) in [6.07, 6.45) is 1.24. The molecule has 0 N–H and O–H groups in total. The van der Waals surface area contributed by atoms with Crippen LogP contribution in [0.2, 0.25) is 0 Å². The van der Waals surface area contributed by atoms with E-state index in [0.717, 1.165) is 6.42 Å². The van der Waals surface area contributed by atoms with E-state index >= 15 is 0 Å². The molecule has 3 aliphatic rings. The van der Waals surface area contributed by atoms with Crippen molar-refractivity contribution in [2.24, 2.45) is 23.7 Å². The number of rotatable bonds is 2. The van der Waals surface area contributed by atoms with Crippen molar-refractivity contribution in [2.75, 3.05) is 14.2 Å². The van der Waals surface area contributed by atoms with Gasteiger partial charge in [0.2, 0.25) is 0 Å². The minimum atomic E-state index is -0.369. The Hall–Kier alpha value is -1.10. The SMILES string of the molecule is COC(=O)[C@@H]1[C@H]2C[C@@H]([C@@H]3O[C@H]23)[C@@H]1C(=O)OC. The van der Waals surface area contributed by atoms with Gasteiger partial charge in [-0.05, 0) is 6.42 Å². The van der Waals surface area contributed by atoms with Crippen molar-refractivity contribution < 1.29 is 23.8 Å². The Morgan fingerprint density at radius 3 is 1.81 bits per heavy atom. The standard InChI is InChI=1S/C11H14O5/c1-14-10(12)6-4-3-5(9-8(4)16-9)7(6)11(13)15-2/h4-9H,3H2,1-2H3/t4-,5-,6-,7+,8-,9+/m1/s1. The van der Waals surface area contributed by atoms with Crippen LogP contribution in [0.3, 0.4) is 0 Å². The number of methoxy groups -OCH3 is 2. The Morgan fingerprint density at radius 1 is 1.00 bits per heavy atom. The predicted molar refractivity (Wildman–Crippen MR) is 51.3 cm³/mol. The van der Waals surface area contributed by atoms with Crippen molar-refractivity contribution in [3.8, 4) is 0 Å². The van der Waals surface area contributed by atoms with Crippen molar-refractivity contribution >= 4 is 11.9 Å². The molecule has 0 aromatic heterocycles. The number of carbonyl (C=O) groups is 2. The summed E-state index contributed by atoms with van der Waals surface area (Å²) >= 11 is 0. The summed E-state index contributed by atoms with van der Waals surface area (Å²) in [5, 5.41) is 0. The van der Waals surface area contributed by atoms with Gasteiger partial charge >= 0.3 is 11.9 Å². The molecule has 3 fully saturated rings. The zero-order valence-electron chi connectivity index (χ0n) is 9.21. The van der Waals surface area contributed by atoms with Gasteiger partial charge in [0.1, 0.15) is 0 Å². The molecule has 0 aromatic rings. The molecule has 5 heteroatoms. The first-order chi connectivity index (χ1) is 7.69. The van der Waals surface area contributed by atoms with Gasteiger partial charge in [-0.2, -0.15) is 0 Å². The lowest BCUT2D eigenvalue weighted by atomic mass is 9.79. The number of ether oxygens (including phenoxy) is 3. The number of fused-ring (bicyclic) bond motifs is 5. The summed E-state index contributed by atoms with van der Waals surface area (Å²) in [5.41, 5.74) is 0. The second kappa shape index (κ2) is 3.20. The van der Waals surface area contributed by atoms with Gasteiger partial charge < -0.3 is 14.2 Å². The van der Waals surface area contributed by atoms with Crippen molar-refractivity contribution in [1.29, 1.82) is 0 Å². The number of esters is 2. The van der Waals surface area contributed by atoms with Gasteiger partial charge in [0.15, 0.2) is 0 Å². The topological polar surface area (TPSA) is 65.1 Å². The summed E-state index contributed by atoms with van der Waals surface area (Å²) in [4.78, 5) is 23.4. The van der Waals surface area contributed by atoms with Gasteiger partial charge in [0.05, 0.1) is 38.3 Å². The average molecular weight is 226 g/mol. The zero-order chi connectivity index (χ0) is 11.4. The maximum Gasteiger partial charge on any atom is 0.309 e. The zero-order valence-corrected chi connectivity index (χ0v) is 9.21. The molecule has 0 radical (unpaired) electrons. The fraction of sp³-hybridized carbons (Fsp3) is 0.818. The molecule has 6 atom stereocenters. The van der Waals surface area contributed by atoms with E-state index in [9.17, 15) is 9.59 Å². The molecular weight excluding hydrogens is 212 g/mol. The summed E-state index contributed by atoms with van der Waals surface area (Å²) < 4.78 is 15.0. The van der Waals surface area contributed by atoms with Crippen molar-refractivity contribution in [3.63, 3.8) is 0 Å². The van der Waals surface area contributed by atoms with Gasteiger partial charge in [-0.1, -0.05) is 0 Å². The maximum absolute atomic E-state index is 11.7. The first-order valence-electron chi connectivity index (χ1n) is 5.50. The lowest BCUT2D eigenvalue weighted by Gasteiger charge is -2.24. The minimum absolute atomic E-state index is 0.145. The van der Waals surface area contributed by atoms with Crippen LogP contribution in [-0.4, -0.2) is 38.4 Å². The Balaban J connectivity index is 1.89. The molecule has 1 saturated heterocycles. The van der Waals surface area contributed by atoms with Crippen molar-refractivity contribution in [1.82, 2.24) is 0 Å². The molecule has 0 aromatic carbocycles. The molecule has 2 aliphatic carbocycles. The van der Waals surface area contributed by atoms with E-state index < -0.39 is 0 Å². The fourth-order valence-electron chi connectivity index (χ4n) is 3.56. The Labute approximate surface area is 93.0 Å². The third-order valence-electron chi connectivity index (χ3n) is 4.21. The average Bonchev–Trinajstić information content (AvgIpc) is 2.93. The highest BCUT2D eigenvalue weighted by Gasteiger charge is 2.71. The third-order valence-corrected chi connectivity index (χ3v) is 4.21. The first-order valence-corrected chi connectivity index (χ1v) is 5.50. The second-order valence-corrected chi connectivity index (χ2v) is 4.73. The van der Waals surface area contributed by atoms with Crippen LogP contribution in [0.4, 0.5) is 0 Å². The lowest BCUT2D eigenvalue weighted by Crippen LogP contribution is -2.39. The van der Waals surface area contributed by atoms with Gasteiger partial charge in [-0.3, -0.25) is 9.59 Å². The largest absolute Gasteiger partial charge is 0.469 e. The molecule has 0 spiro atoms. The van der Waals surface area contributed by atoms with Gasteiger partial charge in [0, 0.05) is 11.8 Å². The van der Waals surface area contributed by atoms with Crippen LogP contribution in [0, 0.1) is 23.7 Å². The predicted octanol–water partition coefficient (Wildman–Crippen LogP) is -0.0181. The highest BCUT2D eigenvalue weighted by Crippen LogP contribution is 2.61. The second-order valence-electron chi connectivity index (χ2n) is 4.73. The van der Waals surface area contributed by atoms with Gasteiger partial charge in [-0.15, -0.1) is 0 Å². The quantitative estimate of drug-likeness (QED) is 0.489. The van der Waals surface area contributed by atoms with Crippen LogP contribution in [-0.2, 0) is 23.8 Å². The smallest absolute Gasteiger partial charge is 0.309 e. The van der Waals surface area contributed by atoms with Crippen molar-refractivity contribution in [3.05, 3.63) is 0 Å². The van der Waals surface area contributed by atoms with Crippen LogP contribution in [0.1, 0.15) is 6.42 Å². The monoisotopic (exact) mass is 226 g/mol.